The van der Waals surface area contributed by atoms with Gasteiger partial charge in [0.25, 0.3) is 0 Å². The minimum atomic E-state index is -0.297. The third kappa shape index (κ3) is 5.26. The molecule has 3 aromatic heterocycles. The van der Waals surface area contributed by atoms with E-state index in [1.54, 1.807) is 12.1 Å². The van der Waals surface area contributed by atoms with Crippen LogP contribution >= 0.6 is 11.6 Å². The van der Waals surface area contributed by atoms with E-state index in [-0.39, 0.29) is 5.82 Å². The van der Waals surface area contributed by atoms with Crippen molar-refractivity contribution in [2.45, 2.75) is 40.0 Å². The Balaban J connectivity index is 1.55. The summed E-state index contributed by atoms with van der Waals surface area (Å²) in [5.41, 5.74) is 5.83. The van der Waals surface area contributed by atoms with E-state index in [0.717, 1.165) is 46.6 Å². The summed E-state index contributed by atoms with van der Waals surface area (Å²) in [7, 11) is 0. The van der Waals surface area contributed by atoms with Crippen molar-refractivity contribution in [1.29, 1.82) is 0 Å². The molecule has 0 aliphatic rings. The zero-order chi connectivity index (χ0) is 20.1. The predicted octanol–water partition coefficient (Wildman–Crippen LogP) is 5.00. The van der Waals surface area contributed by atoms with Gasteiger partial charge in [0.15, 0.2) is 0 Å². The van der Waals surface area contributed by atoms with Gasteiger partial charge in [0.2, 0.25) is 5.88 Å². The van der Waals surface area contributed by atoms with Crippen LogP contribution in [0.15, 0.2) is 36.7 Å². The minimum absolute atomic E-state index is 0.297. The lowest BCUT2D eigenvalue weighted by molar-refractivity contribution is 0.307. The zero-order valence-corrected chi connectivity index (χ0v) is 17.1. The van der Waals surface area contributed by atoms with Crippen molar-refractivity contribution in [3.63, 3.8) is 0 Å². The number of ether oxygens (including phenoxy) is 1. The first kappa shape index (κ1) is 20.2. The molecule has 28 heavy (non-hydrogen) atoms. The summed E-state index contributed by atoms with van der Waals surface area (Å²) in [6.45, 7) is 6.29. The Hall–Kier alpha value is -2.53. The lowest BCUT2D eigenvalue weighted by atomic mass is 10.0. The highest BCUT2D eigenvalue weighted by Gasteiger charge is 2.07. The number of halogens is 2. The van der Waals surface area contributed by atoms with Crippen molar-refractivity contribution in [2.24, 2.45) is 0 Å². The molecule has 3 heterocycles. The highest BCUT2D eigenvalue weighted by molar-refractivity contribution is 6.31. The topological polar surface area (TPSA) is 47.9 Å². The lowest BCUT2D eigenvalue weighted by Crippen LogP contribution is -2.07. The van der Waals surface area contributed by atoms with Gasteiger partial charge in [-0.3, -0.25) is 9.97 Å². The van der Waals surface area contributed by atoms with Crippen LogP contribution in [0, 0.1) is 26.6 Å². The van der Waals surface area contributed by atoms with E-state index in [9.17, 15) is 4.39 Å². The van der Waals surface area contributed by atoms with Gasteiger partial charge in [0, 0.05) is 30.1 Å². The summed E-state index contributed by atoms with van der Waals surface area (Å²) in [5, 5.41) is 0.631. The van der Waals surface area contributed by atoms with Crippen molar-refractivity contribution in [3.8, 4) is 5.88 Å². The molecule has 0 aromatic carbocycles. The van der Waals surface area contributed by atoms with Crippen LogP contribution in [0.5, 0.6) is 5.88 Å². The van der Waals surface area contributed by atoms with E-state index >= 15 is 0 Å². The van der Waals surface area contributed by atoms with Crippen LogP contribution in [-0.2, 0) is 19.3 Å². The Kier molecular flexibility index (Phi) is 6.57. The number of pyridine rings is 3. The molecule has 6 heteroatoms. The lowest BCUT2D eigenvalue weighted by Gasteiger charge is -2.10. The molecule has 0 aliphatic carbocycles. The molecule has 146 valence electrons. The number of hydrogen-bond acceptors (Lipinski definition) is 4. The Labute approximate surface area is 169 Å². The second kappa shape index (κ2) is 9.11. The molecule has 0 aliphatic heterocycles. The van der Waals surface area contributed by atoms with Crippen LogP contribution in [0.3, 0.4) is 0 Å². The molecule has 0 bridgehead atoms. The molecule has 0 spiro atoms. The van der Waals surface area contributed by atoms with Crippen molar-refractivity contribution in [2.75, 3.05) is 6.61 Å². The maximum Gasteiger partial charge on any atom is 0.213 e. The zero-order valence-electron chi connectivity index (χ0n) is 16.3. The first-order valence-electron chi connectivity index (χ1n) is 9.23. The van der Waals surface area contributed by atoms with Crippen LogP contribution < -0.4 is 4.74 Å². The van der Waals surface area contributed by atoms with Crippen LogP contribution in [0.2, 0.25) is 5.02 Å². The Bertz CT molecular complexity index is 978. The van der Waals surface area contributed by atoms with E-state index in [1.807, 2.05) is 20.0 Å². The summed E-state index contributed by atoms with van der Waals surface area (Å²) < 4.78 is 18.9. The second-order valence-electron chi connectivity index (χ2n) is 6.84. The Morgan fingerprint density at radius 3 is 2.36 bits per heavy atom. The Morgan fingerprint density at radius 2 is 1.64 bits per heavy atom. The first-order valence-corrected chi connectivity index (χ1v) is 9.61. The van der Waals surface area contributed by atoms with Gasteiger partial charge in [-0.2, -0.15) is 0 Å². The average Bonchev–Trinajstić information content (AvgIpc) is 2.65. The SMILES string of the molecule is Cc1cc(CCc2ncc(F)cc2C)cnc1CCOc1ccc(Cl)c(C)n1. The highest BCUT2D eigenvalue weighted by atomic mass is 35.5. The number of nitrogens with zero attached hydrogens (tertiary/aromatic N) is 3. The summed E-state index contributed by atoms with van der Waals surface area (Å²) >= 11 is 5.98. The average molecular weight is 400 g/mol. The first-order chi connectivity index (χ1) is 13.4. The van der Waals surface area contributed by atoms with Gasteiger partial charge < -0.3 is 4.74 Å². The third-order valence-electron chi connectivity index (χ3n) is 4.63. The monoisotopic (exact) mass is 399 g/mol. The van der Waals surface area contributed by atoms with Crippen LogP contribution in [-0.4, -0.2) is 21.6 Å². The Morgan fingerprint density at radius 1 is 0.929 bits per heavy atom. The highest BCUT2D eigenvalue weighted by Crippen LogP contribution is 2.17. The van der Waals surface area contributed by atoms with Crippen molar-refractivity contribution >= 4 is 11.6 Å². The molecule has 3 rings (SSSR count). The van der Waals surface area contributed by atoms with Gasteiger partial charge in [-0.1, -0.05) is 17.7 Å². The molecule has 0 unspecified atom stereocenters. The molecule has 4 nitrogen and oxygen atoms in total. The molecule has 0 radical (unpaired) electrons. The number of hydrogen-bond donors (Lipinski definition) is 0. The van der Waals surface area contributed by atoms with E-state index in [4.69, 9.17) is 16.3 Å². The van der Waals surface area contributed by atoms with Gasteiger partial charge >= 0.3 is 0 Å². The third-order valence-corrected chi connectivity index (χ3v) is 5.03. The second-order valence-corrected chi connectivity index (χ2v) is 7.25. The van der Waals surface area contributed by atoms with Gasteiger partial charge in [-0.05, 0) is 62.4 Å². The molecule has 0 saturated carbocycles. The quantitative estimate of drug-likeness (QED) is 0.561. The van der Waals surface area contributed by atoms with Crippen LogP contribution in [0.4, 0.5) is 4.39 Å². The fourth-order valence-corrected chi connectivity index (χ4v) is 3.11. The number of aryl methyl sites for hydroxylation is 5. The molecule has 0 amide bonds. The molecular formula is C22H23ClFN3O. The fourth-order valence-electron chi connectivity index (χ4n) is 3.01. The molecule has 0 fully saturated rings. The normalized spacial score (nSPS) is 10.9. The molecule has 0 N–H and O–H groups in total. The van der Waals surface area contributed by atoms with Crippen molar-refractivity contribution in [1.82, 2.24) is 15.0 Å². The van der Waals surface area contributed by atoms with E-state index < -0.39 is 0 Å². The largest absolute Gasteiger partial charge is 0.477 e. The van der Waals surface area contributed by atoms with Crippen LogP contribution in [0.1, 0.15) is 33.8 Å². The number of rotatable bonds is 7. The molecule has 0 atom stereocenters. The summed E-state index contributed by atoms with van der Waals surface area (Å²) in [4.78, 5) is 13.1. The van der Waals surface area contributed by atoms with Crippen molar-refractivity contribution in [3.05, 3.63) is 81.3 Å². The van der Waals surface area contributed by atoms with E-state index in [0.29, 0.717) is 23.9 Å². The summed E-state index contributed by atoms with van der Waals surface area (Å²) in [6.07, 6.45) is 5.45. The predicted molar refractivity (Wildman–Crippen MR) is 108 cm³/mol. The standard InChI is InChI=1S/C22H23ClFN3O/c1-14-10-17(4-6-20-15(2)11-18(24)13-26-20)12-25-21(14)8-9-28-22-7-5-19(23)16(3)27-22/h5,7,10-13H,4,6,8-9H2,1-3H3. The maximum absolute atomic E-state index is 13.2. The maximum atomic E-state index is 13.2. The molecule has 0 saturated heterocycles. The van der Waals surface area contributed by atoms with Gasteiger partial charge in [0.1, 0.15) is 5.82 Å². The van der Waals surface area contributed by atoms with Crippen LogP contribution in [0.25, 0.3) is 0 Å². The molecule has 3 aromatic rings. The molecular weight excluding hydrogens is 377 g/mol. The van der Waals surface area contributed by atoms with Gasteiger partial charge in [-0.15, -0.1) is 0 Å². The van der Waals surface area contributed by atoms with Gasteiger partial charge in [-0.25, -0.2) is 9.37 Å². The van der Waals surface area contributed by atoms with E-state index in [2.05, 4.69) is 27.9 Å². The fraction of sp³-hybridized carbons (Fsp3) is 0.318. The minimum Gasteiger partial charge on any atom is -0.477 e. The van der Waals surface area contributed by atoms with Gasteiger partial charge in [0.05, 0.1) is 23.5 Å². The number of aromatic nitrogens is 3. The van der Waals surface area contributed by atoms with E-state index in [1.165, 1.54) is 12.3 Å². The van der Waals surface area contributed by atoms with Crippen molar-refractivity contribution < 1.29 is 9.13 Å². The summed E-state index contributed by atoms with van der Waals surface area (Å²) in [5.74, 6) is 0.271. The summed E-state index contributed by atoms with van der Waals surface area (Å²) in [6, 6.07) is 7.22. The smallest absolute Gasteiger partial charge is 0.213 e.